The molecular formula is C13H22N4O. The summed E-state index contributed by atoms with van der Waals surface area (Å²) >= 11 is 0. The van der Waals surface area contributed by atoms with Gasteiger partial charge in [0.1, 0.15) is 17.5 Å². The fourth-order valence-corrected chi connectivity index (χ4v) is 2.09. The lowest BCUT2D eigenvalue weighted by Gasteiger charge is -2.19. The number of aliphatic hydroxyl groups excluding tert-OH is 1. The summed E-state index contributed by atoms with van der Waals surface area (Å²) < 4.78 is 0. The summed E-state index contributed by atoms with van der Waals surface area (Å²) in [6.45, 7) is 8.61. The first kappa shape index (κ1) is 13.1. The average Bonchev–Trinajstić information content (AvgIpc) is 2.76. The molecule has 2 rings (SSSR count). The molecule has 0 aromatic carbocycles. The SMILES string of the molecule is CCNc1cc(N2CCC(O)C2)nc(C(C)C)n1. The first-order valence-corrected chi connectivity index (χ1v) is 6.66. The quantitative estimate of drug-likeness (QED) is 0.850. The standard InChI is InChI=1S/C13H22N4O/c1-4-14-11-7-12(16-13(15-11)9(2)3)17-6-5-10(18)8-17/h7,9-10,18H,4-6,8H2,1-3H3,(H,14,15,16). The lowest BCUT2D eigenvalue weighted by Crippen LogP contribution is -2.23. The van der Waals surface area contributed by atoms with E-state index >= 15 is 0 Å². The van der Waals surface area contributed by atoms with Crippen LogP contribution in [0.5, 0.6) is 0 Å². The summed E-state index contributed by atoms with van der Waals surface area (Å²) in [5.74, 6) is 2.94. The van der Waals surface area contributed by atoms with E-state index in [0.717, 1.165) is 37.0 Å². The normalized spacial score (nSPS) is 19.6. The van der Waals surface area contributed by atoms with Crippen molar-refractivity contribution in [3.63, 3.8) is 0 Å². The number of nitrogens with one attached hydrogen (secondary N) is 1. The van der Waals surface area contributed by atoms with Crippen molar-refractivity contribution >= 4 is 11.6 Å². The van der Waals surface area contributed by atoms with Crippen molar-refractivity contribution in [1.82, 2.24) is 9.97 Å². The van der Waals surface area contributed by atoms with Gasteiger partial charge in [0.2, 0.25) is 0 Å². The van der Waals surface area contributed by atoms with Crippen molar-refractivity contribution in [2.75, 3.05) is 29.9 Å². The molecule has 0 spiro atoms. The molecule has 5 heteroatoms. The topological polar surface area (TPSA) is 61.3 Å². The molecule has 1 aromatic heterocycles. The van der Waals surface area contributed by atoms with Crippen molar-refractivity contribution in [2.45, 2.75) is 39.2 Å². The van der Waals surface area contributed by atoms with Crippen LogP contribution < -0.4 is 10.2 Å². The highest BCUT2D eigenvalue weighted by atomic mass is 16.3. The Morgan fingerprint density at radius 3 is 2.83 bits per heavy atom. The van der Waals surface area contributed by atoms with E-state index in [-0.39, 0.29) is 6.10 Å². The van der Waals surface area contributed by atoms with Crippen LogP contribution in [0.15, 0.2) is 6.07 Å². The van der Waals surface area contributed by atoms with Crippen molar-refractivity contribution in [1.29, 1.82) is 0 Å². The van der Waals surface area contributed by atoms with Gasteiger partial charge in [-0.05, 0) is 13.3 Å². The maximum absolute atomic E-state index is 9.61. The minimum atomic E-state index is -0.231. The second kappa shape index (κ2) is 5.52. The van der Waals surface area contributed by atoms with Gasteiger partial charge in [0.25, 0.3) is 0 Å². The number of nitrogens with zero attached hydrogens (tertiary/aromatic N) is 3. The van der Waals surface area contributed by atoms with Crippen molar-refractivity contribution in [3.05, 3.63) is 11.9 Å². The highest BCUT2D eigenvalue weighted by Gasteiger charge is 2.22. The highest BCUT2D eigenvalue weighted by Crippen LogP contribution is 2.23. The van der Waals surface area contributed by atoms with E-state index in [1.807, 2.05) is 6.07 Å². The van der Waals surface area contributed by atoms with Crippen LogP contribution in [-0.2, 0) is 0 Å². The van der Waals surface area contributed by atoms with Gasteiger partial charge >= 0.3 is 0 Å². The zero-order valence-electron chi connectivity index (χ0n) is 11.3. The molecule has 0 aliphatic carbocycles. The Morgan fingerprint density at radius 2 is 2.28 bits per heavy atom. The molecule has 2 N–H and O–H groups in total. The van der Waals surface area contributed by atoms with Crippen LogP contribution in [0.4, 0.5) is 11.6 Å². The molecule has 2 heterocycles. The highest BCUT2D eigenvalue weighted by molar-refractivity contribution is 5.50. The van der Waals surface area contributed by atoms with E-state index in [2.05, 4.69) is 41.0 Å². The number of aliphatic hydroxyl groups is 1. The summed E-state index contributed by atoms with van der Waals surface area (Å²) in [5, 5.41) is 12.8. The zero-order chi connectivity index (χ0) is 13.1. The fraction of sp³-hybridized carbons (Fsp3) is 0.692. The molecule has 5 nitrogen and oxygen atoms in total. The number of rotatable bonds is 4. The third-order valence-corrected chi connectivity index (χ3v) is 3.09. The predicted octanol–water partition coefficient (Wildman–Crippen LogP) is 1.60. The van der Waals surface area contributed by atoms with Crippen molar-refractivity contribution in [2.24, 2.45) is 0 Å². The number of β-amino-alcohol motifs (C(OH)–C–C–N with tert-alkyl or cyclic N) is 1. The molecule has 0 radical (unpaired) electrons. The first-order chi connectivity index (χ1) is 8.60. The van der Waals surface area contributed by atoms with Gasteiger partial charge in [-0.25, -0.2) is 9.97 Å². The molecule has 0 bridgehead atoms. The Kier molecular flexibility index (Phi) is 4.01. The van der Waals surface area contributed by atoms with Gasteiger partial charge in [-0.1, -0.05) is 13.8 Å². The predicted molar refractivity (Wildman–Crippen MR) is 73.1 cm³/mol. The van der Waals surface area contributed by atoms with E-state index in [4.69, 9.17) is 0 Å². The van der Waals surface area contributed by atoms with E-state index in [1.54, 1.807) is 0 Å². The molecule has 0 saturated carbocycles. The van der Waals surface area contributed by atoms with Gasteiger partial charge in [0, 0.05) is 31.6 Å². The largest absolute Gasteiger partial charge is 0.391 e. The molecular weight excluding hydrogens is 228 g/mol. The van der Waals surface area contributed by atoms with E-state index in [0.29, 0.717) is 12.5 Å². The number of hydrogen-bond acceptors (Lipinski definition) is 5. The second-order valence-corrected chi connectivity index (χ2v) is 5.04. The molecule has 1 atom stereocenters. The number of aromatic nitrogens is 2. The molecule has 1 saturated heterocycles. The fourth-order valence-electron chi connectivity index (χ4n) is 2.09. The van der Waals surface area contributed by atoms with Gasteiger partial charge < -0.3 is 15.3 Å². The molecule has 0 amide bonds. The molecule has 1 aromatic rings. The smallest absolute Gasteiger partial charge is 0.135 e. The van der Waals surface area contributed by atoms with Crippen LogP contribution in [0.2, 0.25) is 0 Å². The van der Waals surface area contributed by atoms with E-state index in [9.17, 15) is 5.11 Å². The van der Waals surface area contributed by atoms with Gasteiger partial charge in [0.05, 0.1) is 6.10 Å². The van der Waals surface area contributed by atoms with Crippen molar-refractivity contribution in [3.8, 4) is 0 Å². The maximum atomic E-state index is 9.61. The van der Waals surface area contributed by atoms with Crippen LogP contribution in [0.3, 0.4) is 0 Å². The summed E-state index contributed by atoms with van der Waals surface area (Å²) in [5.41, 5.74) is 0. The first-order valence-electron chi connectivity index (χ1n) is 6.66. The summed E-state index contributed by atoms with van der Waals surface area (Å²) in [4.78, 5) is 11.2. The third-order valence-electron chi connectivity index (χ3n) is 3.09. The number of hydrogen-bond donors (Lipinski definition) is 2. The Balaban J connectivity index is 2.27. The van der Waals surface area contributed by atoms with Crippen molar-refractivity contribution < 1.29 is 5.11 Å². The van der Waals surface area contributed by atoms with Crippen LogP contribution in [-0.4, -0.2) is 40.8 Å². The minimum absolute atomic E-state index is 0.231. The molecule has 1 aliphatic heterocycles. The summed E-state index contributed by atoms with van der Waals surface area (Å²) in [6, 6.07) is 1.97. The Labute approximate surface area is 108 Å². The Bertz CT molecular complexity index is 408. The average molecular weight is 250 g/mol. The zero-order valence-corrected chi connectivity index (χ0v) is 11.3. The van der Waals surface area contributed by atoms with Crippen LogP contribution in [0.25, 0.3) is 0 Å². The molecule has 1 fully saturated rings. The Morgan fingerprint density at radius 1 is 1.50 bits per heavy atom. The Hall–Kier alpha value is -1.36. The molecule has 1 aliphatic rings. The van der Waals surface area contributed by atoms with Gasteiger partial charge in [-0.3, -0.25) is 0 Å². The second-order valence-electron chi connectivity index (χ2n) is 5.04. The maximum Gasteiger partial charge on any atom is 0.135 e. The monoisotopic (exact) mass is 250 g/mol. The van der Waals surface area contributed by atoms with Crippen LogP contribution in [0, 0.1) is 0 Å². The third kappa shape index (κ3) is 2.90. The molecule has 18 heavy (non-hydrogen) atoms. The lowest BCUT2D eigenvalue weighted by molar-refractivity contribution is 0.198. The van der Waals surface area contributed by atoms with E-state index in [1.165, 1.54) is 0 Å². The number of anilines is 2. The van der Waals surface area contributed by atoms with Gasteiger partial charge in [0.15, 0.2) is 0 Å². The van der Waals surface area contributed by atoms with Gasteiger partial charge in [-0.15, -0.1) is 0 Å². The van der Waals surface area contributed by atoms with E-state index < -0.39 is 0 Å². The minimum Gasteiger partial charge on any atom is -0.391 e. The lowest BCUT2D eigenvalue weighted by atomic mass is 10.2. The van der Waals surface area contributed by atoms with Gasteiger partial charge in [-0.2, -0.15) is 0 Å². The van der Waals surface area contributed by atoms with Crippen LogP contribution in [0.1, 0.15) is 38.9 Å². The summed E-state index contributed by atoms with van der Waals surface area (Å²) in [6.07, 6.45) is 0.586. The summed E-state index contributed by atoms with van der Waals surface area (Å²) in [7, 11) is 0. The molecule has 100 valence electrons. The van der Waals surface area contributed by atoms with Crippen LogP contribution >= 0.6 is 0 Å². The molecule has 1 unspecified atom stereocenters.